The van der Waals surface area contributed by atoms with Crippen molar-refractivity contribution in [3.8, 4) is 28.7 Å². The number of methoxy groups -OCH3 is 1. The Hall–Kier alpha value is -4.97. The van der Waals surface area contributed by atoms with E-state index in [1.807, 2.05) is 69.9 Å². The number of amides is 3. The van der Waals surface area contributed by atoms with Gasteiger partial charge in [0.15, 0.2) is 23.0 Å². The molecule has 0 radical (unpaired) electrons. The summed E-state index contributed by atoms with van der Waals surface area (Å²) >= 11 is 0. The topological polar surface area (TPSA) is 119 Å². The van der Waals surface area contributed by atoms with Crippen molar-refractivity contribution in [2.24, 2.45) is 0 Å². The largest absolute Gasteiger partial charge is 0.493 e. The molecule has 0 aromatic heterocycles. The summed E-state index contributed by atoms with van der Waals surface area (Å²) in [6.45, 7) is 13.9. The number of ether oxygens (including phenoxy) is 5. The second-order valence-electron chi connectivity index (χ2n) is 14.6. The number of piperazine rings is 1. The Bertz CT molecular complexity index is 1710. The van der Waals surface area contributed by atoms with Gasteiger partial charge in [-0.2, -0.15) is 0 Å². The van der Waals surface area contributed by atoms with Gasteiger partial charge in [0.05, 0.1) is 26.0 Å². The summed E-state index contributed by atoms with van der Waals surface area (Å²) in [6, 6.07) is 16.5. The number of benzene rings is 3. The summed E-state index contributed by atoms with van der Waals surface area (Å²) in [5, 5.41) is 2.73. The van der Waals surface area contributed by atoms with Crippen LogP contribution in [-0.4, -0.2) is 100 Å². The van der Waals surface area contributed by atoms with Crippen LogP contribution < -0.4 is 29.2 Å². The van der Waals surface area contributed by atoms with Crippen LogP contribution in [0.2, 0.25) is 0 Å². The van der Waals surface area contributed by atoms with E-state index in [0.717, 1.165) is 51.0 Å². The number of hydrogen-bond acceptors (Lipinski definition) is 9. The molecule has 1 N–H and O–H groups in total. The number of carbonyl (C=O) groups excluding carboxylic acids is 3. The molecule has 3 aromatic carbocycles. The summed E-state index contributed by atoms with van der Waals surface area (Å²) in [6.07, 6.45) is 3.16. The first kappa shape index (κ1) is 41.8. The monoisotopic (exact) mass is 746 g/mol. The number of anilines is 1. The number of rotatable bonds is 17. The number of hydrogen-bond donors (Lipinski definition) is 1. The number of carbonyl (C=O) groups is 3. The van der Waals surface area contributed by atoms with Crippen LogP contribution in [0.1, 0.15) is 74.4 Å². The third-order valence-corrected chi connectivity index (χ3v) is 9.05. The minimum Gasteiger partial charge on any atom is -0.493 e. The second kappa shape index (κ2) is 19.9. The van der Waals surface area contributed by atoms with Gasteiger partial charge in [-0.1, -0.05) is 18.2 Å². The zero-order valence-corrected chi connectivity index (χ0v) is 33.3. The van der Waals surface area contributed by atoms with Crippen LogP contribution in [-0.2, 0) is 9.53 Å². The number of alkyl carbamates (subject to hydrolysis) is 1. The van der Waals surface area contributed by atoms with Crippen LogP contribution in [0.15, 0.2) is 54.6 Å². The van der Waals surface area contributed by atoms with Crippen LogP contribution >= 0.6 is 0 Å². The van der Waals surface area contributed by atoms with Crippen molar-refractivity contribution in [1.29, 1.82) is 0 Å². The number of nitrogens with zero attached hydrogens (tertiary/aromatic N) is 3. The first-order valence-corrected chi connectivity index (χ1v) is 18.8. The van der Waals surface area contributed by atoms with E-state index in [1.165, 1.54) is 0 Å². The highest BCUT2D eigenvalue weighted by Crippen LogP contribution is 2.40. The highest BCUT2D eigenvalue weighted by atomic mass is 16.6. The molecule has 54 heavy (non-hydrogen) atoms. The maximum absolute atomic E-state index is 14.0. The normalized spacial score (nSPS) is 13.2. The van der Waals surface area contributed by atoms with E-state index in [-0.39, 0.29) is 11.8 Å². The molecule has 3 aromatic rings. The molecular formula is C42H58N4O8. The molecule has 1 heterocycles. The molecule has 1 fully saturated rings. The molecule has 294 valence electrons. The van der Waals surface area contributed by atoms with Crippen molar-refractivity contribution in [3.63, 3.8) is 0 Å². The molecule has 0 saturated carbocycles. The lowest BCUT2D eigenvalue weighted by Crippen LogP contribution is -2.47. The van der Waals surface area contributed by atoms with Gasteiger partial charge in [0.25, 0.3) is 5.91 Å². The maximum Gasteiger partial charge on any atom is 0.407 e. The Morgan fingerprint density at radius 3 is 2.20 bits per heavy atom. The summed E-state index contributed by atoms with van der Waals surface area (Å²) in [5.74, 6) is 2.50. The minimum absolute atomic E-state index is 0.225. The highest BCUT2D eigenvalue weighted by Gasteiger charge is 2.24. The SMILES string of the molecule is COc1c(Oc2ccccc2OCCCNC(=O)OC(C)(C)C)ccc(C(=O)N(C)c2ccc(C)cc2OCCCCCC(=O)N2CCN(C)CC2)c1C. The molecule has 1 saturated heterocycles. The number of unbranched alkanes of at least 4 members (excludes halogenated alkanes) is 2. The predicted octanol–water partition coefficient (Wildman–Crippen LogP) is 7.39. The second-order valence-corrected chi connectivity index (χ2v) is 14.6. The van der Waals surface area contributed by atoms with Crippen molar-refractivity contribution in [1.82, 2.24) is 15.1 Å². The van der Waals surface area contributed by atoms with Crippen LogP contribution in [0.4, 0.5) is 10.5 Å². The van der Waals surface area contributed by atoms with Gasteiger partial charge in [0.2, 0.25) is 5.91 Å². The molecule has 1 aliphatic heterocycles. The Kier molecular flexibility index (Phi) is 15.4. The van der Waals surface area contributed by atoms with E-state index in [9.17, 15) is 14.4 Å². The smallest absolute Gasteiger partial charge is 0.407 e. The lowest BCUT2D eigenvalue weighted by molar-refractivity contribution is -0.132. The van der Waals surface area contributed by atoms with Crippen molar-refractivity contribution in [3.05, 3.63) is 71.3 Å². The molecule has 0 bridgehead atoms. The van der Waals surface area contributed by atoms with Gasteiger partial charge >= 0.3 is 6.09 Å². The Labute approximate surface area is 320 Å². The number of nitrogens with one attached hydrogen (secondary N) is 1. The van der Waals surface area contributed by atoms with Gasteiger partial charge in [0, 0.05) is 57.3 Å². The fourth-order valence-electron chi connectivity index (χ4n) is 6.02. The summed E-state index contributed by atoms with van der Waals surface area (Å²) in [7, 11) is 5.36. The Balaban J connectivity index is 1.34. The average Bonchev–Trinajstić information content (AvgIpc) is 3.12. The van der Waals surface area contributed by atoms with E-state index in [2.05, 4.69) is 17.3 Å². The van der Waals surface area contributed by atoms with E-state index >= 15 is 0 Å². The Morgan fingerprint density at radius 2 is 1.50 bits per heavy atom. The Morgan fingerprint density at radius 1 is 0.815 bits per heavy atom. The molecule has 0 unspecified atom stereocenters. The van der Waals surface area contributed by atoms with Gasteiger partial charge in [-0.3, -0.25) is 9.59 Å². The van der Waals surface area contributed by atoms with Crippen molar-refractivity contribution in [2.75, 3.05) is 72.0 Å². The molecule has 0 atom stereocenters. The van der Waals surface area contributed by atoms with Crippen molar-refractivity contribution >= 4 is 23.6 Å². The van der Waals surface area contributed by atoms with Gasteiger partial charge < -0.3 is 43.7 Å². The molecule has 4 rings (SSSR count). The maximum atomic E-state index is 14.0. The summed E-state index contributed by atoms with van der Waals surface area (Å²) in [4.78, 5) is 44.3. The van der Waals surface area contributed by atoms with Gasteiger partial charge in [0.1, 0.15) is 11.4 Å². The van der Waals surface area contributed by atoms with Crippen LogP contribution in [0.5, 0.6) is 28.7 Å². The number of para-hydroxylation sites is 2. The van der Waals surface area contributed by atoms with E-state index in [4.69, 9.17) is 23.7 Å². The average molecular weight is 747 g/mol. The lowest BCUT2D eigenvalue weighted by atomic mass is 10.0. The molecule has 1 aliphatic rings. The zero-order chi connectivity index (χ0) is 39.3. The summed E-state index contributed by atoms with van der Waals surface area (Å²) < 4.78 is 29.6. The predicted molar refractivity (Wildman–Crippen MR) is 211 cm³/mol. The van der Waals surface area contributed by atoms with Gasteiger partial charge in [-0.15, -0.1) is 0 Å². The quantitative estimate of drug-likeness (QED) is 0.141. The molecule has 3 amide bonds. The first-order valence-electron chi connectivity index (χ1n) is 18.8. The summed E-state index contributed by atoms with van der Waals surface area (Å²) in [5.41, 5.74) is 2.20. The van der Waals surface area contributed by atoms with Crippen molar-refractivity contribution in [2.45, 2.75) is 72.3 Å². The molecule has 0 aliphatic carbocycles. The van der Waals surface area contributed by atoms with Crippen LogP contribution in [0.25, 0.3) is 0 Å². The standard InChI is InChI=1S/C42H58N4O8/c1-30-18-20-33(37(29-30)52-27-13-9-10-17-38(47)46-25-23-44(6)24-26-46)45(7)40(48)32-19-21-36(39(50-8)31(32)2)53-35-16-12-11-15-34(35)51-28-14-22-43-41(49)54-42(3,4)5/h11-12,15-16,18-21,29H,9-10,13-14,17,22-28H2,1-8H3,(H,43,49). The van der Waals surface area contributed by atoms with E-state index in [0.29, 0.717) is 78.2 Å². The number of likely N-dealkylation sites (N-methyl/N-ethyl adjacent to an activating group) is 1. The fraction of sp³-hybridized carbons (Fsp3) is 0.500. The van der Waals surface area contributed by atoms with E-state index < -0.39 is 11.7 Å². The molecule has 0 spiro atoms. The van der Waals surface area contributed by atoms with Gasteiger partial charge in [-0.05, 0) is 109 Å². The molecular weight excluding hydrogens is 688 g/mol. The highest BCUT2D eigenvalue weighted by molar-refractivity contribution is 6.08. The third kappa shape index (κ3) is 12.3. The fourth-order valence-corrected chi connectivity index (χ4v) is 6.02. The van der Waals surface area contributed by atoms with Crippen LogP contribution in [0.3, 0.4) is 0 Å². The van der Waals surface area contributed by atoms with E-state index in [1.54, 1.807) is 43.3 Å². The van der Waals surface area contributed by atoms with Gasteiger partial charge in [-0.25, -0.2) is 4.79 Å². The minimum atomic E-state index is -0.562. The molecule has 12 heteroatoms. The zero-order valence-electron chi connectivity index (χ0n) is 33.3. The van der Waals surface area contributed by atoms with Crippen molar-refractivity contribution < 1.29 is 38.1 Å². The molecule has 12 nitrogen and oxygen atoms in total. The first-order chi connectivity index (χ1) is 25.8. The number of aryl methyl sites for hydroxylation is 1. The third-order valence-electron chi connectivity index (χ3n) is 9.05. The lowest BCUT2D eigenvalue weighted by Gasteiger charge is -2.32. The van der Waals surface area contributed by atoms with Crippen LogP contribution in [0, 0.1) is 13.8 Å².